The van der Waals surface area contributed by atoms with Crippen LogP contribution in [-0.4, -0.2) is 20.1 Å². The van der Waals surface area contributed by atoms with E-state index in [0.29, 0.717) is 12.2 Å². The number of amides is 1. The second-order valence-electron chi connectivity index (χ2n) is 6.44. The Labute approximate surface area is 146 Å². The average Bonchev–Trinajstić information content (AvgIpc) is 2.53. The number of benzene rings is 2. The summed E-state index contributed by atoms with van der Waals surface area (Å²) in [5, 5.41) is 0. The number of carbonyl (C=O) groups is 1. The lowest BCUT2D eigenvalue weighted by Crippen LogP contribution is -2.34. The smallest absolute Gasteiger partial charge is 0.426 e. The third-order valence-electron chi connectivity index (χ3n) is 3.90. The van der Waals surface area contributed by atoms with Crippen molar-refractivity contribution in [3.63, 3.8) is 0 Å². The maximum Gasteiger partial charge on any atom is 0.426 e. The van der Waals surface area contributed by atoms with Crippen LogP contribution in [0.4, 0.5) is 4.79 Å². The van der Waals surface area contributed by atoms with Gasteiger partial charge in [0.1, 0.15) is 17.1 Å². The van der Waals surface area contributed by atoms with E-state index >= 15 is 0 Å². The maximum atomic E-state index is 12.4. The third kappa shape index (κ3) is 4.11. The number of sulfonamides is 1. The van der Waals surface area contributed by atoms with Crippen LogP contribution in [0.15, 0.2) is 53.4 Å². The first-order chi connectivity index (χ1) is 11.8. The summed E-state index contributed by atoms with van der Waals surface area (Å²) in [5.41, 5.74) is 0.532. The molecule has 0 saturated carbocycles. The van der Waals surface area contributed by atoms with Crippen molar-refractivity contribution in [1.82, 2.24) is 4.72 Å². The second kappa shape index (κ2) is 6.40. The van der Waals surface area contributed by atoms with Gasteiger partial charge in [0.05, 0.1) is 4.90 Å². The number of rotatable bonds is 3. The van der Waals surface area contributed by atoms with Crippen molar-refractivity contribution < 1.29 is 22.7 Å². The van der Waals surface area contributed by atoms with Crippen molar-refractivity contribution in [2.75, 3.05) is 0 Å². The highest BCUT2D eigenvalue weighted by Crippen LogP contribution is 2.34. The largest absolute Gasteiger partial charge is 0.488 e. The molecule has 0 unspecified atom stereocenters. The number of fused-ring (bicyclic) bond motifs is 1. The van der Waals surface area contributed by atoms with Gasteiger partial charge in [0.25, 0.3) is 10.0 Å². The summed E-state index contributed by atoms with van der Waals surface area (Å²) >= 11 is 0. The van der Waals surface area contributed by atoms with Gasteiger partial charge >= 0.3 is 6.09 Å². The summed E-state index contributed by atoms with van der Waals surface area (Å²) in [7, 11) is -4.02. The molecule has 132 valence electrons. The quantitative estimate of drug-likeness (QED) is 0.907. The molecule has 1 aliphatic rings. The molecular formula is C18H19NO5S. The van der Waals surface area contributed by atoms with Crippen LogP contribution in [0.1, 0.15) is 25.8 Å². The molecule has 0 fully saturated rings. The number of nitrogens with one attached hydrogen (secondary N) is 1. The Hall–Kier alpha value is -2.54. The van der Waals surface area contributed by atoms with Crippen molar-refractivity contribution in [3.8, 4) is 11.5 Å². The molecule has 1 heterocycles. The number of ether oxygens (including phenoxy) is 2. The van der Waals surface area contributed by atoms with Gasteiger partial charge in [-0.25, -0.2) is 17.9 Å². The Morgan fingerprint density at radius 1 is 1.16 bits per heavy atom. The SMILES string of the molecule is CC1(C)CCc2cc(S(=O)(=O)NC(=O)Oc3ccccc3)ccc2O1. The van der Waals surface area contributed by atoms with Gasteiger partial charge in [0, 0.05) is 0 Å². The van der Waals surface area contributed by atoms with Gasteiger partial charge in [-0.15, -0.1) is 0 Å². The van der Waals surface area contributed by atoms with Crippen LogP contribution in [0.3, 0.4) is 0 Å². The molecule has 2 aromatic carbocycles. The molecular weight excluding hydrogens is 342 g/mol. The molecule has 0 aliphatic carbocycles. The molecule has 3 rings (SSSR count). The molecule has 0 saturated heterocycles. The first-order valence-corrected chi connectivity index (χ1v) is 9.35. The Bertz CT molecular complexity index is 891. The van der Waals surface area contributed by atoms with Gasteiger partial charge in [0.2, 0.25) is 0 Å². The van der Waals surface area contributed by atoms with Crippen LogP contribution >= 0.6 is 0 Å². The summed E-state index contributed by atoms with van der Waals surface area (Å²) in [6, 6.07) is 12.8. The highest BCUT2D eigenvalue weighted by Gasteiger charge is 2.28. The Kier molecular flexibility index (Phi) is 4.43. The van der Waals surface area contributed by atoms with E-state index in [4.69, 9.17) is 9.47 Å². The lowest BCUT2D eigenvalue weighted by atomic mass is 9.94. The molecule has 25 heavy (non-hydrogen) atoms. The Balaban J connectivity index is 1.75. The summed E-state index contributed by atoms with van der Waals surface area (Å²) in [6.07, 6.45) is 0.439. The van der Waals surface area contributed by atoms with Gasteiger partial charge in [-0.2, -0.15) is 0 Å². The van der Waals surface area contributed by atoms with E-state index < -0.39 is 16.1 Å². The molecule has 6 nitrogen and oxygen atoms in total. The van der Waals surface area contributed by atoms with E-state index in [1.54, 1.807) is 36.4 Å². The van der Waals surface area contributed by atoms with E-state index in [-0.39, 0.29) is 16.2 Å². The van der Waals surface area contributed by atoms with Crippen molar-refractivity contribution in [2.45, 2.75) is 37.2 Å². The first-order valence-electron chi connectivity index (χ1n) is 7.87. The molecule has 0 aromatic heterocycles. The molecule has 0 atom stereocenters. The number of hydrogen-bond acceptors (Lipinski definition) is 5. The van der Waals surface area contributed by atoms with Gasteiger partial charge in [-0.05, 0) is 62.6 Å². The van der Waals surface area contributed by atoms with E-state index in [2.05, 4.69) is 0 Å². The number of hydrogen-bond donors (Lipinski definition) is 1. The van der Waals surface area contributed by atoms with Crippen LogP contribution in [0, 0.1) is 0 Å². The standard InChI is InChI=1S/C18H19NO5S/c1-18(2)11-10-13-12-15(8-9-16(13)24-18)25(21,22)19-17(20)23-14-6-4-3-5-7-14/h3-9,12H,10-11H2,1-2H3,(H,19,20). The summed E-state index contributed by atoms with van der Waals surface area (Å²) in [5.74, 6) is 0.929. The number of para-hydroxylation sites is 1. The molecule has 0 spiro atoms. The monoisotopic (exact) mass is 361 g/mol. The minimum atomic E-state index is -4.02. The Morgan fingerprint density at radius 2 is 1.88 bits per heavy atom. The normalized spacial score (nSPS) is 15.6. The van der Waals surface area contributed by atoms with Crippen LogP contribution in [-0.2, 0) is 16.4 Å². The molecule has 7 heteroatoms. The molecule has 0 bridgehead atoms. The van der Waals surface area contributed by atoms with Crippen LogP contribution < -0.4 is 14.2 Å². The Morgan fingerprint density at radius 3 is 2.60 bits per heavy atom. The van der Waals surface area contributed by atoms with Crippen LogP contribution in [0.2, 0.25) is 0 Å². The summed E-state index contributed by atoms with van der Waals surface area (Å²) < 4.78 is 37.5. The predicted molar refractivity (Wildman–Crippen MR) is 92.3 cm³/mol. The van der Waals surface area contributed by atoms with Crippen molar-refractivity contribution in [1.29, 1.82) is 0 Å². The zero-order chi connectivity index (χ0) is 18.1. The zero-order valence-electron chi connectivity index (χ0n) is 14.0. The zero-order valence-corrected chi connectivity index (χ0v) is 14.8. The fraction of sp³-hybridized carbons (Fsp3) is 0.278. The lowest BCUT2D eigenvalue weighted by molar-refractivity contribution is 0.0845. The predicted octanol–water partition coefficient (Wildman–Crippen LogP) is 3.27. The fourth-order valence-electron chi connectivity index (χ4n) is 2.59. The van der Waals surface area contributed by atoms with Crippen LogP contribution in [0.5, 0.6) is 11.5 Å². The van der Waals surface area contributed by atoms with E-state index in [9.17, 15) is 13.2 Å². The maximum absolute atomic E-state index is 12.4. The van der Waals surface area contributed by atoms with Gasteiger partial charge in [-0.1, -0.05) is 18.2 Å². The van der Waals surface area contributed by atoms with Crippen molar-refractivity contribution in [3.05, 3.63) is 54.1 Å². The topological polar surface area (TPSA) is 81.7 Å². The summed E-state index contributed by atoms with van der Waals surface area (Å²) in [6.45, 7) is 3.98. The first kappa shape index (κ1) is 17.3. The van der Waals surface area contributed by atoms with Crippen molar-refractivity contribution >= 4 is 16.1 Å². The highest BCUT2D eigenvalue weighted by molar-refractivity contribution is 7.90. The van der Waals surface area contributed by atoms with Crippen molar-refractivity contribution in [2.24, 2.45) is 0 Å². The minimum absolute atomic E-state index is 0.000400. The van der Waals surface area contributed by atoms with Crippen LogP contribution in [0.25, 0.3) is 0 Å². The van der Waals surface area contributed by atoms with E-state index in [0.717, 1.165) is 12.0 Å². The molecule has 2 aromatic rings. The average molecular weight is 361 g/mol. The third-order valence-corrected chi connectivity index (χ3v) is 5.21. The van der Waals surface area contributed by atoms with Gasteiger partial charge in [0.15, 0.2) is 0 Å². The minimum Gasteiger partial charge on any atom is -0.488 e. The van der Waals surface area contributed by atoms with Gasteiger partial charge in [-0.3, -0.25) is 0 Å². The van der Waals surface area contributed by atoms with Gasteiger partial charge < -0.3 is 9.47 Å². The highest BCUT2D eigenvalue weighted by atomic mass is 32.2. The lowest BCUT2D eigenvalue weighted by Gasteiger charge is -2.32. The molecule has 1 aliphatic heterocycles. The van der Waals surface area contributed by atoms with E-state index in [1.807, 2.05) is 18.6 Å². The molecule has 1 N–H and O–H groups in total. The number of aryl methyl sites for hydroxylation is 1. The summed E-state index contributed by atoms with van der Waals surface area (Å²) in [4.78, 5) is 11.8. The number of carbonyl (C=O) groups excluding carboxylic acids is 1. The fourth-order valence-corrected chi connectivity index (χ4v) is 3.51. The second-order valence-corrected chi connectivity index (χ2v) is 8.12. The van der Waals surface area contributed by atoms with E-state index in [1.165, 1.54) is 12.1 Å². The molecule has 0 radical (unpaired) electrons. The molecule has 1 amide bonds.